The number of likely N-dealkylation sites (tertiary alicyclic amines) is 1. The monoisotopic (exact) mass is 405 g/mol. The number of hydrogen-bond donors (Lipinski definition) is 1. The molecule has 0 spiro atoms. The number of amides is 2. The molecule has 2 heterocycles. The van der Waals surface area contributed by atoms with E-state index in [-0.39, 0.29) is 17.7 Å². The van der Waals surface area contributed by atoms with Gasteiger partial charge in [0.1, 0.15) is 0 Å². The molecule has 1 aromatic carbocycles. The Balaban J connectivity index is 1.60. The smallest absolute Gasteiger partial charge is 0.228 e. The first-order valence-electron chi connectivity index (χ1n) is 11.1. The summed E-state index contributed by atoms with van der Waals surface area (Å²) in [5.74, 6) is 0.947. The summed E-state index contributed by atoms with van der Waals surface area (Å²) in [6.07, 6.45) is 6.89. The van der Waals surface area contributed by atoms with Crippen LogP contribution in [0.3, 0.4) is 0 Å². The molecule has 2 fully saturated rings. The van der Waals surface area contributed by atoms with Gasteiger partial charge in [-0.1, -0.05) is 31.2 Å². The zero-order chi connectivity index (χ0) is 21.1. The Morgan fingerprint density at radius 3 is 2.67 bits per heavy atom. The van der Waals surface area contributed by atoms with Crippen LogP contribution in [0.2, 0.25) is 0 Å². The van der Waals surface area contributed by atoms with Gasteiger partial charge in [-0.2, -0.15) is 0 Å². The largest absolute Gasteiger partial charge is 0.356 e. The van der Waals surface area contributed by atoms with Gasteiger partial charge in [-0.25, -0.2) is 0 Å². The molecule has 1 aliphatic carbocycles. The summed E-state index contributed by atoms with van der Waals surface area (Å²) >= 11 is 0. The molecule has 30 heavy (non-hydrogen) atoms. The van der Waals surface area contributed by atoms with Gasteiger partial charge in [0.05, 0.1) is 5.41 Å². The lowest BCUT2D eigenvalue weighted by Crippen LogP contribution is -2.54. The number of aromatic nitrogens is 1. The van der Waals surface area contributed by atoms with E-state index < -0.39 is 5.41 Å². The van der Waals surface area contributed by atoms with Crippen molar-refractivity contribution in [2.75, 3.05) is 19.6 Å². The number of nitrogens with zero attached hydrogens (tertiary/aromatic N) is 2. The van der Waals surface area contributed by atoms with E-state index in [1.54, 1.807) is 12.4 Å². The van der Waals surface area contributed by atoms with Gasteiger partial charge < -0.3 is 10.2 Å². The molecule has 0 radical (unpaired) electrons. The van der Waals surface area contributed by atoms with E-state index in [9.17, 15) is 9.59 Å². The van der Waals surface area contributed by atoms with Gasteiger partial charge in [0, 0.05) is 37.9 Å². The van der Waals surface area contributed by atoms with Gasteiger partial charge in [0.2, 0.25) is 11.8 Å². The minimum atomic E-state index is -0.571. The number of carbonyl (C=O) groups is 2. The maximum absolute atomic E-state index is 13.2. The second kappa shape index (κ2) is 8.58. The minimum absolute atomic E-state index is 0.0701. The predicted octanol–water partition coefficient (Wildman–Crippen LogP) is 3.69. The van der Waals surface area contributed by atoms with Crippen LogP contribution in [0.1, 0.15) is 38.7 Å². The van der Waals surface area contributed by atoms with Crippen molar-refractivity contribution in [3.05, 3.63) is 54.4 Å². The molecule has 2 amide bonds. The molecule has 5 nitrogen and oxygen atoms in total. The van der Waals surface area contributed by atoms with Crippen molar-refractivity contribution in [3.63, 3.8) is 0 Å². The van der Waals surface area contributed by atoms with E-state index in [2.05, 4.69) is 35.4 Å². The highest BCUT2D eigenvalue weighted by Crippen LogP contribution is 2.42. The normalized spacial score (nSPS) is 25.6. The van der Waals surface area contributed by atoms with E-state index in [4.69, 9.17) is 0 Å². The van der Waals surface area contributed by atoms with Crippen molar-refractivity contribution in [3.8, 4) is 11.1 Å². The fourth-order valence-electron chi connectivity index (χ4n) is 4.77. The lowest BCUT2D eigenvalue weighted by Gasteiger charge is -2.42. The highest BCUT2D eigenvalue weighted by atomic mass is 16.2. The summed E-state index contributed by atoms with van der Waals surface area (Å²) in [6, 6.07) is 12.4. The fraction of sp³-hybridized carbons (Fsp3) is 0.480. The van der Waals surface area contributed by atoms with E-state index in [0.717, 1.165) is 42.5 Å². The van der Waals surface area contributed by atoms with Crippen molar-refractivity contribution in [2.24, 2.45) is 17.3 Å². The van der Waals surface area contributed by atoms with Gasteiger partial charge in [0.15, 0.2) is 0 Å². The first-order chi connectivity index (χ1) is 14.5. The Morgan fingerprint density at radius 2 is 1.97 bits per heavy atom. The van der Waals surface area contributed by atoms with Gasteiger partial charge in [-0.3, -0.25) is 14.6 Å². The van der Waals surface area contributed by atoms with Crippen LogP contribution in [0.5, 0.6) is 0 Å². The van der Waals surface area contributed by atoms with Gasteiger partial charge in [-0.05, 0) is 67.3 Å². The van der Waals surface area contributed by atoms with Crippen LogP contribution in [0.25, 0.3) is 11.1 Å². The van der Waals surface area contributed by atoms with Crippen LogP contribution in [0.4, 0.5) is 0 Å². The van der Waals surface area contributed by atoms with Crippen molar-refractivity contribution in [2.45, 2.75) is 39.5 Å². The lowest BCUT2D eigenvalue weighted by atomic mass is 9.74. The Hall–Kier alpha value is -2.69. The molecule has 1 saturated carbocycles. The number of carbonyl (C=O) groups excluding carboxylic acids is 2. The van der Waals surface area contributed by atoms with Gasteiger partial charge >= 0.3 is 0 Å². The summed E-state index contributed by atoms with van der Waals surface area (Å²) in [5, 5.41) is 3.05. The van der Waals surface area contributed by atoms with E-state index in [1.165, 1.54) is 0 Å². The molecule has 1 N–H and O–H groups in total. The number of pyridine rings is 1. The summed E-state index contributed by atoms with van der Waals surface area (Å²) in [7, 11) is 0. The van der Waals surface area contributed by atoms with Crippen molar-refractivity contribution < 1.29 is 9.59 Å². The highest BCUT2D eigenvalue weighted by Gasteiger charge is 2.47. The molecule has 158 valence electrons. The van der Waals surface area contributed by atoms with Crippen LogP contribution >= 0.6 is 0 Å². The molecular formula is C25H31N3O2. The topological polar surface area (TPSA) is 62.3 Å². The molecule has 5 heteroatoms. The van der Waals surface area contributed by atoms with E-state index in [0.29, 0.717) is 25.4 Å². The van der Waals surface area contributed by atoms with Crippen LogP contribution in [0.15, 0.2) is 48.8 Å². The Bertz CT molecular complexity index is 914. The SMILES string of the molecule is CCNC(=O)C1(Cc2cccc(-c3ccncc3)c2)CCCN(C(=O)C2CC2C)C1. The number of nitrogens with one attached hydrogen (secondary N) is 1. The third kappa shape index (κ3) is 4.25. The van der Waals surface area contributed by atoms with E-state index in [1.807, 2.05) is 30.0 Å². The summed E-state index contributed by atoms with van der Waals surface area (Å²) in [6.45, 7) is 5.97. The minimum Gasteiger partial charge on any atom is -0.356 e. The zero-order valence-corrected chi connectivity index (χ0v) is 17.9. The standard InChI is InChI=1S/C25H31N3O2/c1-3-27-24(30)25(10-5-13-28(17-25)23(29)22-14-18(22)2)16-19-6-4-7-21(15-19)20-8-11-26-12-9-20/h4,6-9,11-12,15,18,22H,3,5,10,13-14,16-17H2,1-2H3,(H,27,30). The first kappa shape index (κ1) is 20.6. The molecule has 2 aliphatic rings. The maximum atomic E-state index is 13.2. The van der Waals surface area contributed by atoms with Crippen LogP contribution < -0.4 is 5.32 Å². The number of piperidine rings is 1. The van der Waals surface area contributed by atoms with Crippen molar-refractivity contribution >= 4 is 11.8 Å². The molecule has 3 unspecified atom stereocenters. The second-order valence-electron chi connectivity index (χ2n) is 8.94. The molecular weight excluding hydrogens is 374 g/mol. The highest BCUT2D eigenvalue weighted by molar-refractivity contribution is 5.86. The quantitative estimate of drug-likeness (QED) is 0.797. The summed E-state index contributed by atoms with van der Waals surface area (Å²) in [4.78, 5) is 32.2. The molecule has 1 aromatic heterocycles. The van der Waals surface area contributed by atoms with Crippen molar-refractivity contribution in [1.29, 1.82) is 0 Å². The number of benzene rings is 1. The first-order valence-corrected chi connectivity index (χ1v) is 11.1. The average molecular weight is 406 g/mol. The van der Waals surface area contributed by atoms with Crippen molar-refractivity contribution in [1.82, 2.24) is 15.2 Å². The van der Waals surface area contributed by atoms with Crippen LogP contribution in [-0.2, 0) is 16.0 Å². The van der Waals surface area contributed by atoms with Gasteiger partial charge in [-0.15, -0.1) is 0 Å². The Kier molecular flexibility index (Phi) is 5.89. The molecule has 1 aliphatic heterocycles. The molecule has 1 saturated heterocycles. The van der Waals surface area contributed by atoms with Gasteiger partial charge in [0.25, 0.3) is 0 Å². The third-order valence-electron chi connectivity index (χ3n) is 6.62. The Labute approximate surface area is 178 Å². The molecule has 4 rings (SSSR count). The second-order valence-corrected chi connectivity index (χ2v) is 8.94. The summed E-state index contributed by atoms with van der Waals surface area (Å²) in [5.41, 5.74) is 2.79. The van der Waals surface area contributed by atoms with Crippen LogP contribution in [0, 0.1) is 17.3 Å². The zero-order valence-electron chi connectivity index (χ0n) is 17.9. The summed E-state index contributed by atoms with van der Waals surface area (Å²) < 4.78 is 0. The molecule has 3 atom stereocenters. The lowest BCUT2D eigenvalue weighted by molar-refractivity contribution is -0.142. The predicted molar refractivity (Wildman–Crippen MR) is 118 cm³/mol. The molecule has 0 bridgehead atoms. The average Bonchev–Trinajstić information content (AvgIpc) is 3.51. The number of hydrogen-bond acceptors (Lipinski definition) is 3. The fourth-order valence-corrected chi connectivity index (χ4v) is 4.77. The maximum Gasteiger partial charge on any atom is 0.228 e. The molecule has 2 aromatic rings. The third-order valence-corrected chi connectivity index (χ3v) is 6.62. The van der Waals surface area contributed by atoms with E-state index >= 15 is 0 Å². The van der Waals surface area contributed by atoms with Crippen LogP contribution in [-0.4, -0.2) is 41.3 Å². The Morgan fingerprint density at radius 1 is 1.20 bits per heavy atom. The number of rotatable bonds is 6.